The van der Waals surface area contributed by atoms with E-state index in [-0.39, 0.29) is 34.5 Å². The minimum atomic E-state index is -0.227. The van der Waals surface area contributed by atoms with Crippen LogP contribution in [0.5, 0.6) is 0 Å². The lowest BCUT2D eigenvalue weighted by atomic mass is 9.31. The summed E-state index contributed by atoms with van der Waals surface area (Å²) >= 11 is 0. The molecule has 180 valence electrons. The Morgan fingerprint density at radius 3 is 2.41 bits per heavy atom. The first-order valence-electron chi connectivity index (χ1n) is 12.2. The molecule has 1 aromatic heterocycles. The normalized spacial score (nSPS) is 27.0. The zero-order chi connectivity index (χ0) is 23.9. The number of nitrogens with zero attached hydrogens (tertiary/aromatic N) is 3. The van der Waals surface area contributed by atoms with Crippen LogP contribution in [-0.4, -0.2) is 65.9 Å². The first-order chi connectivity index (χ1) is 16.3. The minimum Gasteiger partial charge on any atom is -0.348 e. The van der Waals surface area contributed by atoms with Crippen LogP contribution in [0.1, 0.15) is 54.4 Å². The highest BCUT2D eigenvalue weighted by atomic mass is 19.1. The number of rotatable bonds is 7. The van der Waals surface area contributed by atoms with Crippen LogP contribution in [0.25, 0.3) is 0 Å². The maximum absolute atomic E-state index is 13.4. The van der Waals surface area contributed by atoms with Gasteiger partial charge in [0.2, 0.25) is 5.91 Å². The maximum Gasteiger partial charge on any atom is 0.253 e. The third-order valence-electron chi connectivity index (χ3n) is 8.42. The summed E-state index contributed by atoms with van der Waals surface area (Å²) in [5, 5.41) is 3.19. The van der Waals surface area contributed by atoms with E-state index in [2.05, 4.69) is 29.3 Å². The van der Waals surface area contributed by atoms with Crippen molar-refractivity contribution in [3.05, 3.63) is 65.7 Å². The molecule has 2 aromatic rings. The van der Waals surface area contributed by atoms with Crippen molar-refractivity contribution in [3.8, 4) is 0 Å². The van der Waals surface area contributed by atoms with Crippen molar-refractivity contribution in [1.29, 1.82) is 0 Å². The van der Waals surface area contributed by atoms with Gasteiger partial charge in [0.05, 0.1) is 5.56 Å². The van der Waals surface area contributed by atoms with E-state index < -0.39 is 0 Å². The van der Waals surface area contributed by atoms with Gasteiger partial charge in [0.1, 0.15) is 5.82 Å². The number of hydrogen-bond acceptors (Lipinski definition) is 4. The molecule has 1 unspecified atom stereocenters. The molecule has 1 atom stereocenters. The van der Waals surface area contributed by atoms with Gasteiger partial charge in [-0.3, -0.25) is 14.6 Å². The van der Waals surface area contributed by atoms with Crippen LogP contribution in [0.15, 0.2) is 48.8 Å². The highest BCUT2D eigenvalue weighted by molar-refractivity contribution is 5.94. The summed E-state index contributed by atoms with van der Waals surface area (Å²) < 4.78 is 13.4. The first kappa shape index (κ1) is 23.0. The summed E-state index contributed by atoms with van der Waals surface area (Å²) in [5.41, 5.74) is 1.64. The fourth-order valence-corrected chi connectivity index (χ4v) is 6.44. The van der Waals surface area contributed by atoms with Gasteiger partial charge in [-0.1, -0.05) is 12.1 Å². The monoisotopic (exact) mass is 464 g/mol. The summed E-state index contributed by atoms with van der Waals surface area (Å²) in [5.74, 6) is -0.290. The van der Waals surface area contributed by atoms with Crippen molar-refractivity contribution >= 4 is 11.8 Å². The van der Waals surface area contributed by atoms with Gasteiger partial charge in [0.25, 0.3) is 5.91 Å². The molecule has 2 bridgehead atoms. The lowest BCUT2D eigenvalue weighted by molar-refractivity contribution is -0.169. The number of piperidine rings is 1. The number of carbonyl (C=O) groups excluding carboxylic acids is 2. The quantitative estimate of drug-likeness (QED) is 0.682. The van der Waals surface area contributed by atoms with E-state index in [9.17, 15) is 14.0 Å². The van der Waals surface area contributed by atoms with Gasteiger partial charge in [-0.05, 0) is 86.9 Å². The van der Waals surface area contributed by atoms with Gasteiger partial charge in [-0.15, -0.1) is 0 Å². The Morgan fingerprint density at radius 2 is 1.82 bits per heavy atom. The third-order valence-corrected chi connectivity index (χ3v) is 8.42. The number of aromatic nitrogens is 1. The van der Waals surface area contributed by atoms with Crippen LogP contribution >= 0.6 is 0 Å². The Hall–Kier alpha value is -2.80. The molecule has 3 saturated carbocycles. The fourth-order valence-electron chi connectivity index (χ4n) is 6.44. The number of benzene rings is 1. The Kier molecular flexibility index (Phi) is 5.92. The van der Waals surface area contributed by atoms with E-state index in [4.69, 9.17) is 0 Å². The van der Waals surface area contributed by atoms with Crippen molar-refractivity contribution < 1.29 is 14.0 Å². The second kappa shape index (κ2) is 8.77. The van der Waals surface area contributed by atoms with Crippen LogP contribution in [0, 0.1) is 11.2 Å². The van der Waals surface area contributed by atoms with Crippen molar-refractivity contribution in [2.75, 3.05) is 27.2 Å². The van der Waals surface area contributed by atoms with Crippen molar-refractivity contribution in [2.45, 2.75) is 56.0 Å². The molecule has 2 heterocycles. The van der Waals surface area contributed by atoms with E-state index in [1.54, 1.807) is 24.5 Å². The highest BCUT2D eigenvalue weighted by Crippen LogP contribution is 2.75. The van der Waals surface area contributed by atoms with Crippen LogP contribution in [0.4, 0.5) is 4.39 Å². The first-order valence-corrected chi connectivity index (χ1v) is 12.2. The molecule has 0 radical (unpaired) electrons. The zero-order valence-electron chi connectivity index (χ0n) is 20.0. The van der Waals surface area contributed by atoms with Gasteiger partial charge < -0.3 is 15.1 Å². The number of nitrogens with one attached hydrogen (secondary N) is 1. The lowest BCUT2D eigenvalue weighted by Crippen LogP contribution is -2.72. The average molecular weight is 465 g/mol. The second-order valence-corrected chi connectivity index (χ2v) is 10.7. The predicted molar refractivity (Wildman–Crippen MR) is 128 cm³/mol. The van der Waals surface area contributed by atoms with E-state index in [1.807, 2.05) is 17.0 Å². The van der Waals surface area contributed by atoms with Gasteiger partial charge in [-0.25, -0.2) is 4.39 Å². The van der Waals surface area contributed by atoms with Crippen molar-refractivity contribution in [1.82, 2.24) is 20.1 Å². The molecule has 1 aromatic carbocycles. The van der Waals surface area contributed by atoms with Crippen LogP contribution in [0.2, 0.25) is 0 Å². The second-order valence-electron chi connectivity index (χ2n) is 10.7. The van der Waals surface area contributed by atoms with E-state index in [0.717, 1.165) is 50.8 Å². The number of halogens is 1. The van der Waals surface area contributed by atoms with Crippen LogP contribution < -0.4 is 5.32 Å². The van der Waals surface area contributed by atoms with Crippen LogP contribution in [0.3, 0.4) is 0 Å². The van der Waals surface area contributed by atoms with Crippen molar-refractivity contribution in [3.63, 3.8) is 0 Å². The molecule has 1 N–H and O–H groups in total. The Labute approximate surface area is 200 Å². The lowest BCUT2D eigenvalue weighted by Gasteiger charge is -2.73. The largest absolute Gasteiger partial charge is 0.348 e. The molecular formula is C27H33FN4O2. The molecule has 4 aliphatic rings. The third kappa shape index (κ3) is 4.11. The van der Waals surface area contributed by atoms with Gasteiger partial charge in [0, 0.05) is 44.0 Å². The van der Waals surface area contributed by atoms with E-state index in [0.29, 0.717) is 18.0 Å². The molecular weight excluding hydrogens is 431 g/mol. The molecule has 1 saturated heterocycles. The molecule has 0 spiro atoms. The van der Waals surface area contributed by atoms with E-state index >= 15 is 0 Å². The number of pyridine rings is 1. The molecule has 4 fully saturated rings. The Bertz CT molecular complexity index is 1030. The van der Waals surface area contributed by atoms with Crippen molar-refractivity contribution in [2.24, 2.45) is 5.41 Å². The topological polar surface area (TPSA) is 65.5 Å². The summed E-state index contributed by atoms with van der Waals surface area (Å²) in [6.07, 6.45) is 8.22. The summed E-state index contributed by atoms with van der Waals surface area (Å²) in [6.45, 7) is 1.52. The summed E-state index contributed by atoms with van der Waals surface area (Å²) in [6, 6.07) is 10.6. The fraction of sp³-hybridized carbons (Fsp3) is 0.519. The summed E-state index contributed by atoms with van der Waals surface area (Å²) in [7, 11) is 4.18. The average Bonchev–Trinajstić information content (AvgIpc) is 2.79. The molecule has 34 heavy (non-hydrogen) atoms. The molecule has 3 aliphatic carbocycles. The van der Waals surface area contributed by atoms with E-state index in [1.165, 1.54) is 12.1 Å². The molecule has 7 heteroatoms. The Balaban J connectivity index is 1.28. The standard InChI is InChI=1S/C27H33FN4O2/c1-31(2)22-9-12-32(13-10-22)24(33)14-23(30-25(34)19-4-3-11-29-15-19)27-16-26(17-27,18-27)20-5-7-21(28)8-6-20/h3-8,11,15,22-23H,9-10,12-14,16-18H2,1-2H3,(H,30,34). The van der Waals surface area contributed by atoms with Crippen LogP contribution in [-0.2, 0) is 10.2 Å². The highest BCUT2D eigenvalue weighted by Gasteiger charge is 2.71. The number of hydrogen-bond donors (Lipinski definition) is 1. The Morgan fingerprint density at radius 1 is 1.15 bits per heavy atom. The van der Waals surface area contributed by atoms with Gasteiger partial charge in [0.15, 0.2) is 0 Å². The summed E-state index contributed by atoms with van der Waals surface area (Å²) in [4.78, 5) is 34.6. The molecule has 6 nitrogen and oxygen atoms in total. The minimum absolute atomic E-state index is 0.0537. The predicted octanol–water partition coefficient (Wildman–Crippen LogP) is 3.38. The molecule has 1 aliphatic heterocycles. The van der Waals surface area contributed by atoms with Gasteiger partial charge >= 0.3 is 0 Å². The number of amides is 2. The molecule has 2 amide bonds. The number of carbonyl (C=O) groups is 2. The smallest absolute Gasteiger partial charge is 0.253 e. The molecule has 6 rings (SSSR count). The van der Waals surface area contributed by atoms with Gasteiger partial charge in [-0.2, -0.15) is 0 Å². The zero-order valence-corrected chi connectivity index (χ0v) is 20.0. The SMILES string of the molecule is CN(C)C1CCN(C(=O)CC(NC(=O)c2cccnc2)C23CC(c4ccc(F)cc4)(C2)C3)CC1. The number of likely N-dealkylation sites (tertiary alicyclic amines) is 1. The maximum atomic E-state index is 13.4.